The predicted octanol–water partition coefficient (Wildman–Crippen LogP) is 2.79. The molecular formula is C11H12F3NOS. The summed E-state index contributed by atoms with van der Waals surface area (Å²) in [7, 11) is 0. The van der Waals surface area contributed by atoms with Gasteiger partial charge >= 0.3 is 6.18 Å². The van der Waals surface area contributed by atoms with Crippen molar-refractivity contribution in [2.24, 2.45) is 5.73 Å². The van der Waals surface area contributed by atoms with Crippen molar-refractivity contribution in [1.82, 2.24) is 0 Å². The zero-order valence-corrected chi connectivity index (χ0v) is 9.94. The fourth-order valence-corrected chi connectivity index (χ4v) is 1.22. The fourth-order valence-electron chi connectivity index (χ4n) is 1.08. The molecule has 17 heavy (non-hydrogen) atoms. The van der Waals surface area contributed by atoms with E-state index in [2.05, 4.69) is 0 Å². The first-order valence-electron chi connectivity index (χ1n) is 4.88. The van der Waals surface area contributed by atoms with Crippen LogP contribution in [0.5, 0.6) is 0 Å². The molecule has 0 radical (unpaired) electrons. The number of hydrogen-bond acceptors (Lipinski definition) is 2. The predicted molar refractivity (Wildman–Crippen MR) is 62.6 cm³/mol. The molecule has 0 aliphatic rings. The molecule has 1 aromatic rings. The van der Waals surface area contributed by atoms with Gasteiger partial charge in [0.15, 0.2) is 6.10 Å². The molecule has 94 valence electrons. The van der Waals surface area contributed by atoms with Gasteiger partial charge in [-0.1, -0.05) is 36.5 Å². The average molecular weight is 263 g/mol. The minimum absolute atomic E-state index is 0.0989. The summed E-state index contributed by atoms with van der Waals surface area (Å²) in [6.45, 7) is 0.877. The summed E-state index contributed by atoms with van der Waals surface area (Å²) in [4.78, 5) is 0.251. The molecule has 0 aliphatic carbocycles. The molecule has 0 fully saturated rings. The number of halogens is 3. The van der Waals surface area contributed by atoms with E-state index in [0.717, 1.165) is 6.92 Å². The van der Waals surface area contributed by atoms with Gasteiger partial charge in [-0.2, -0.15) is 13.2 Å². The van der Waals surface area contributed by atoms with Crippen LogP contribution >= 0.6 is 12.2 Å². The molecule has 1 rings (SSSR count). The molecule has 0 amide bonds. The van der Waals surface area contributed by atoms with Crippen LogP contribution in [0.3, 0.4) is 0 Å². The van der Waals surface area contributed by atoms with E-state index < -0.39 is 12.3 Å². The third-order valence-electron chi connectivity index (χ3n) is 2.20. The normalized spacial score (nSPS) is 13.4. The lowest BCUT2D eigenvalue weighted by atomic mass is 10.1. The Balaban J connectivity index is 2.56. The maximum Gasteiger partial charge on any atom is 0.414 e. The summed E-state index contributed by atoms with van der Waals surface area (Å²) in [6.07, 6.45) is -6.11. The smallest absolute Gasteiger partial charge is 0.389 e. The second kappa shape index (κ2) is 5.46. The van der Waals surface area contributed by atoms with Crippen LogP contribution in [0, 0.1) is 0 Å². The molecule has 2 nitrogen and oxygen atoms in total. The third kappa shape index (κ3) is 4.32. The van der Waals surface area contributed by atoms with Crippen LogP contribution in [0.1, 0.15) is 18.1 Å². The van der Waals surface area contributed by atoms with Gasteiger partial charge in [0, 0.05) is 5.56 Å². The molecule has 0 bridgehead atoms. The van der Waals surface area contributed by atoms with Crippen molar-refractivity contribution in [2.75, 3.05) is 0 Å². The summed E-state index contributed by atoms with van der Waals surface area (Å²) in [5.41, 5.74) is 6.71. The highest BCUT2D eigenvalue weighted by molar-refractivity contribution is 7.80. The van der Waals surface area contributed by atoms with Gasteiger partial charge in [0.1, 0.15) is 4.99 Å². The van der Waals surface area contributed by atoms with Crippen LogP contribution in [0.4, 0.5) is 13.2 Å². The zero-order chi connectivity index (χ0) is 13.1. The number of alkyl halides is 3. The Labute approximate surface area is 103 Å². The van der Waals surface area contributed by atoms with Crippen molar-refractivity contribution in [3.05, 3.63) is 35.4 Å². The minimum atomic E-state index is -4.33. The number of thiocarbonyl (C=S) groups is 1. The molecule has 0 aromatic heterocycles. The molecule has 1 aromatic carbocycles. The van der Waals surface area contributed by atoms with Crippen molar-refractivity contribution in [2.45, 2.75) is 25.8 Å². The summed E-state index contributed by atoms with van der Waals surface area (Å²) >= 11 is 4.76. The average Bonchev–Trinajstić information content (AvgIpc) is 2.25. The molecule has 0 heterocycles. The Kier molecular flexibility index (Phi) is 4.47. The summed E-state index contributed by atoms with van der Waals surface area (Å²) in [5, 5.41) is 0. The van der Waals surface area contributed by atoms with Crippen LogP contribution in [0.15, 0.2) is 24.3 Å². The van der Waals surface area contributed by atoms with Gasteiger partial charge < -0.3 is 10.5 Å². The van der Waals surface area contributed by atoms with Gasteiger partial charge in [0.05, 0.1) is 6.61 Å². The number of ether oxygens (including phenoxy) is 1. The van der Waals surface area contributed by atoms with Crippen molar-refractivity contribution in [3.8, 4) is 0 Å². The second-order valence-corrected chi connectivity index (χ2v) is 4.00. The van der Waals surface area contributed by atoms with Gasteiger partial charge in [-0.25, -0.2) is 0 Å². The van der Waals surface area contributed by atoms with Gasteiger partial charge in [-0.15, -0.1) is 0 Å². The molecule has 6 heteroatoms. The Hall–Kier alpha value is -1.14. The third-order valence-corrected chi connectivity index (χ3v) is 2.44. The summed E-state index contributed by atoms with van der Waals surface area (Å²) < 4.78 is 41.2. The van der Waals surface area contributed by atoms with Gasteiger partial charge in [0.2, 0.25) is 0 Å². The number of rotatable bonds is 4. The Morgan fingerprint density at radius 3 is 2.29 bits per heavy atom. The Morgan fingerprint density at radius 1 is 1.35 bits per heavy atom. The van der Waals surface area contributed by atoms with Crippen molar-refractivity contribution < 1.29 is 17.9 Å². The number of nitrogens with two attached hydrogens (primary N) is 1. The van der Waals surface area contributed by atoms with Crippen molar-refractivity contribution >= 4 is 17.2 Å². The summed E-state index contributed by atoms with van der Waals surface area (Å²) in [6, 6.07) is 6.58. The maximum atomic E-state index is 12.2. The van der Waals surface area contributed by atoms with Crippen LogP contribution < -0.4 is 5.73 Å². The lowest BCUT2D eigenvalue weighted by Crippen LogP contribution is -2.28. The Morgan fingerprint density at radius 2 is 1.88 bits per heavy atom. The van der Waals surface area contributed by atoms with E-state index in [1.54, 1.807) is 24.3 Å². The van der Waals surface area contributed by atoms with Gasteiger partial charge in [-0.05, 0) is 12.5 Å². The van der Waals surface area contributed by atoms with Crippen LogP contribution in [-0.4, -0.2) is 17.3 Å². The molecule has 1 unspecified atom stereocenters. The van der Waals surface area contributed by atoms with Crippen LogP contribution in [0.2, 0.25) is 0 Å². The van der Waals surface area contributed by atoms with E-state index in [-0.39, 0.29) is 11.6 Å². The van der Waals surface area contributed by atoms with Gasteiger partial charge in [-0.3, -0.25) is 0 Å². The SMILES string of the molecule is CC(OCc1ccc(C(N)=S)cc1)C(F)(F)F. The highest BCUT2D eigenvalue weighted by Gasteiger charge is 2.36. The summed E-state index contributed by atoms with van der Waals surface area (Å²) in [5.74, 6) is 0. The lowest BCUT2D eigenvalue weighted by molar-refractivity contribution is -0.217. The molecule has 0 aliphatic heterocycles. The number of benzene rings is 1. The standard InChI is InChI=1S/C11H12F3NOS/c1-7(11(12,13)14)16-6-8-2-4-9(5-3-8)10(15)17/h2-5,7H,6H2,1H3,(H2,15,17). The topological polar surface area (TPSA) is 35.2 Å². The first kappa shape index (κ1) is 13.9. The van der Waals surface area contributed by atoms with Crippen LogP contribution in [-0.2, 0) is 11.3 Å². The van der Waals surface area contributed by atoms with E-state index in [1.807, 2.05) is 0 Å². The monoisotopic (exact) mass is 263 g/mol. The largest absolute Gasteiger partial charge is 0.414 e. The van der Waals surface area contributed by atoms with E-state index in [9.17, 15) is 13.2 Å². The second-order valence-electron chi connectivity index (χ2n) is 3.56. The van der Waals surface area contributed by atoms with E-state index in [1.165, 1.54) is 0 Å². The molecule has 2 N–H and O–H groups in total. The molecule has 1 atom stereocenters. The highest BCUT2D eigenvalue weighted by atomic mass is 32.1. The Bertz CT molecular complexity index is 389. The van der Waals surface area contributed by atoms with Crippen LogP contribution in [0.25, 0.3) is 0 Å². The highest BCUT2D eigenvalue weighted by Crippen LogP contribution is 2.23. The lowest BCUT2D eigenvalue weighted by Gasteiger charge is -2.16. The maximum absolute atomic E-state index is 12.2. The zero-order valence-electron chi connectivity index (χ0n) is 9.12. The quantitative estimate of drug-likeness (QED) is 0.848. The minimum Gasteiger partial charge on any atom is -0.389 e. The fraction of sp³-hybridized carbons (Fsp3) is 0.364. The first-order valence-corrected chi connectivity index (χ1v) is 5.28. The first-order chi connectivity index (χ1) is 7.80. The molecule has 0 saturated carbocycles. The van der Waals surface area contributed by atoms with Crippen molar-refractivity contribution in [1.29, 1.82) is 0 Å². The molecule has 0 spiro atoms. The van der Waals surface area contributed by atoms with E-state index in [4.69, 9.17) is 22.7 Å². The number of hydrogen-bond donors (Lipinski definition) is 1. The molecular weight excluding hydrogens is 251 g/mol. The van der Waals surface area contributed by atoms with Crippen molar-refractivity contribution in [3.63, 3.8) is 0 Å². The van der Waals surface area contributed by atoms with E-state index in [0.29, 0.717) is 11.1 Å². The van der Waals surface area contributed by atoms with Gasteiger partial charge in [0.25, 0.3) is 0 Å². The van der Waals surface area contributed by atoms with E-state index >= 15 is 0 Å². The molecule has 0 saturated heterocycles.